The Bertz CT molecular complexity index is 500. The maximum absolute atomic E-state index is 11.8. The van der Waals surface area contributed by atoms with E-state index in [0.717, 1.165) is 5.56 Å². The van der Waals surface area contributed by atoms with Crippen molar-refractivity contribution in [3.63, 3.8) is 0 Å². The Balaban J connectivity index is 1.75. The van der Waals surface area contributed by atoms with Gasteiger partial charge in [-0.3, -0.25) is 9.59 Å². The van der Waals surface area contributed by atoms with Crippen LogP contribution >= 0.6 is 0 Å². The van der Waals surface area contributed by atoms with Gasteiger partial charge in [0.15, 0.2) is 6.61 Å². The lowest BCUT2D eigenvalue weighted by Crippen LogP contribution is -2.36. The predicted molar refractivity (Wildman–Crippen MR) is 73.6 cm³/mol. The predicted octanol–water partition coefficient (Wildman–Crippen LogP) is 1.74. The van der Waals surface area contributed by atoms with E-state index < -0.39 is 5.97 Å². The van der Waals surface area contributed by atoms with Crippen LogP contribution in [0.4, 0.5) is 0 Å². The molecule has 1 amide bonds. The van der Waals surface area contributed by atoms with Gasteiger partial charge in [0.25, 0.3) is 5.91 Å². The number of carbonyl (C=O) groups is 2. The third-order valence-electron chi connectivity index (χ3n) is 3.51. The first-order chi connectivity index (χ1) is 9.54. The number of benzene rings is 1. The summed E-state index contributed by atoms with van der Waals surface area (Å²) in [6, 6.07) is 7.44. The van der Waals surface area contributed by atoms with E-state index in [1.54, 1.807) is 6.07 Å². The molecule has 0 saturated heterocycles. The Morgan fingerprint density at radius 1 is 1.40 bits per heavy atom. The molecule has 1 aromatic carbocycles. The first-order valence-electron chi connectivity index (χ1n) is 6.76. The number of carbonyl (C=O) groups excluding carboxylic acids is 1. The molecule has 0 unspecified atom stereocenters. The van der Waals surface area contributed by atoms with Crippen molar-refractivity contribution in [1.29, 1.82) is 0 Å². The van der Waals surface area contributed by atoms with Gasteiger partial charge in [-0.25, -0.2) is 0 Å². The van der Waals surface area contributed by atoms with Crippen LogP contribution in [0.3, 0.4) is 0 Å². The van der Waals surface area contributed by atoms with Gasteiger partial charge in [-0.2, -0.15) is 0 Å². The van der Waals surface area contributed by atoms with Crippen molar-refractivity contribution in [3.05, 3.63) is 29.8 Å². The molecule has 0 radical (unpaired) electrons. The summed E-state index contributed by atoms with van der Waals surface area (Å²) in [5.41, 5.74) is 1.07. The number of carboxylic acid groups (broad SMARTS) is 1. The van der Waals surface area contributed by atoms with Gasteiger partial charge in [0.1, 0.15) is 5.75 Å². The van der Waals surface area contributed by atoms with Crippen molar-refractivity contribution in [2.75, 3.05) is 6.61 Å². The molecule has 2 atom stereocenters. The summed E-state index contributed by atoms with van der Waals surface area (Å²) in [4.78, 5) is 22.6. The summed E-state index contributed by atoms with van der Waals surface area (Å²) in [7, 11) is 0. The Morgan fingerprint density at radius 3 is 2.85 bits per heavy atom. The van der Waals surface area contributed by atoms with Gasteiger partial charge < -0.3 is 15.2 Å². The van der Waals surface area contributed by atoms with Crippen molar-refractivity contribution in [3.8, 4) is 5.75 Å². The molecular weight excluding hydrogens is 258 g/mol. The van der Waals surface area contributed by atoms with E-state index in [1.165, 1.54) is 0 Å². The summed E-state index contributed by atoms with van der Waals surface area (Å²) < 4.78 is 5.40. The topological polar surface area (TPSA) is 75.6 Å². The molecule has 2 rings (SSSR count). The maximum Gasteiger partial charge on any atom is 0.306 e. The molecule has 0 bridgehead atoms. The van der Waals surface area contributed by atoms with Crippen molar-refractivity contribution in [2.24, 2.45) is 5.92 Å². The van der Waals surface area contributed by atoms with E-state index >= 15 is 0 Å². The fourth-order valence-electron chi connectivity index (χ4n) is 2.46. The Hall–Kier alpha value is -2.04. The summed E-state index contributed by atoms with van der Waals surface area (Å²) in [5.74, 6) is -0.659. The van der Waals surface area contributed by atoms with E-state index in [4.69, 9.17) is 9.84 Å². The van der Waals surface area contributed by atoms with Crippen LogP contribution in [0.2, 0.25) is 0 Å². The number of nitrogens with one attached hydrogen (secondary N) is 1. The first kappa shape index (κ1) is 14.4. The third kappa shape index (κ3) is 3.98. The van der Waals surface area contributed by atoms with Gasteiger partial charge in [-0.1, -0.05) is 12.1 Å². The molecule has 5 heteroatoms. The maximum atomic E-state index is 11.8. The largest absolute Gasteiger partial charge is 0.484 e. The van der Waals surface area contributed by atoms with Crippen LogP contribution in [0.25, 0.3) is 0 Å². The van der Waals surface area contributed by atoms with Crippen LogP contribution < -0.4 is 10.1 Å². The zero-order chi connectivity index (χ0) is 14.5. The van der Waals surface area contributed by atoms with Gasteiger partial charge in [-0.05, 0) is 43.9 Å². The van der Waals surface area contributed by atoms with Crippen LogP contribution in [0.15, 0.2) is 24.3 Å². The van der Waals surface area contributed by atoms with E-state index in [-0.39, 0.29) is 24.5 Å². The smallest absolute Gasteiger partial charge is 0.306 e. The molecule has 0 heterocycles. The van der Waals surface area contributed by atoms with Crippen LogP contribution in [-0.4, -0.2) is 29.6 Å². The lowest BCUT2D eigenvalue weighted by atomic mass is 10.1. The summed E-state index contributed by atoms with van der Waals surface area (Å²) >= 11 is 0. The molecule has 2 N–H and O–H groups in total. The third-order valence-corrected chi connectivity index (χ3v) is 3.51. The minimum atomic E-state index is -0.780. The molecule has 0 spiro atoms. The second-order valence-electron chi connectivity index (χ2n) is 5.22. The van der Waals surface area contributed by atoms with Crippen LogP contribution in [-0.2, 0) is 9.59 Å². The Kier molecular flexibility index (Phi) is 4.61. The van der Waals surface area contributed by atoms with Gasteiger partial charge >= 0.3 is 5.97 Å². The summed E-state index contributed by atoms with van der Waals surface area (Å²) in [5, 5.41) is 11.7. The minimum absolute atomic E-state index is 0.0440. The van der Waals surface area contributed by atoms with Crippen molar-refractivity contribution < 1.29 is 19.4 Å². The fraction of sp³-hybridized carbons (Fsp3) is 0.467. The molecule has 1 saturated carbocycles. The van der Waals surface area contributed by atoms with Crippen LogP contribution in [0.1, 0.15) is 24.8 Å². The van der Waals surface area contributed by atoms with Gasteiger partial charge in [0, 0.05) is 6.04 Å². The average molecular weight is 277 g/mol. The van der Waals surface area contributed by atoms with E-state index in [2.05, 4.69) is 5.32 Å². The molecule has 1 aliphatic rings. The number of aryl methyl sites for hydroxylation is 1. The second-order valence-corrected chi connectivity index (χ2v) is 5.22. The second kappa shape index (κ2) is 6.41. The molecule has 1 aliphatic carbocycles. The number of hydrogen-bond acceptors (Lipinski definition) is 3. The number of aliphatic carboxylic acids is 1. The lowest BCUT2D eigenvalue weighted by Gasteiger charge is -2.13. The Morgan fingerprint density at radius 2 is 2.20 bits per heavy atom. The highest BCUT2D eigenvalue weighted by atomic mass is 16.5. The molecule has 20 heavy (non-hydrogen) atoms. The standard InChI is InChI=1S/C15H19NO4/c1-10-3-2-4-13(7-10)20-9-14(17)16-12-6-5-11(8-12)15(18)19/h2-4,7,11-12H,5-6,8-9H2,1H3,(H,16,17)(H,18,19)/t11-,12+/m0/s1. The van der Waals surface area contributed by atoms with Crippen molar-refractivity contribution in [1.82, 2.24) is 5.32 Å². The quantitative estimate of drug-likeness (QED) is 0.859. The normalized spacial score (nSPS) is 21.4. The van der Waals surface area contributed by atoms with Gasteiger partial charge in [-0.15, -0.1) is 0 Å². The number of rotatable bonds is 5. The van der Waals surface area contributed by atoms with Crippen LogP contribution in [0, 0.1) is 12.8 Å². The Labute approximate surface area is 117 Å². The van der Waals surface area contributed by atoms with Gasteiger partial charge in [0.05, 0.1) is 5.92 Å². The highest BCUT2D eigenvalue weighted by molar-refractivity contribution is 5.78. The molecule has 0 aromatic heterocycles. The van der Waals surface area contributed by atoms with Crippen LogP contribution in [0.5, 0.6) is 5.75 Å². The highest BCUT2D eigenvalue weighted by Crippen LogP contribution is 2.25. The first-order valence-corrected chi connectivity index (χ1v) is 6.76. The molecule has 1 aromatic rings. The van der Waals surface area contributed by atoms with Crippen molar-refractivity contribution in [2.45, 2.75) is 32.2 Å². The summed E-state index contributed by atoms with van der Waals surface area (Å²) in [6.07, 6.45) is 1.84. The SMILES string of the molecule is Cc1cccc(OCC(=O)N[C@@H]2CC[C@H](C(=O)O)C2)c1. The van der Waals surface area contributed by atoms with E-state index in [0.29, 0.717) is 25.0 Å². The van der Waals surface area contributed by atoms with E-state index in [9.17, 15) is 9.59 Å². The number of amides is 1. The molecule has 0 aliphatic heterocycles. The average Bonchev–Trinajstić information content (AvgIpc) is 2.85. The monoisotopic (exact) mass is 277 g/mol. The highest BCUT2D eigenvalue weighted by Gasteiger charge is 2.30. The fourth-order valence-corrected chi connectivity index (χ4v) is 2.46. The number of hydrogen-bond donors (Lipinski definition) is 2. The zero-order valence-electron chi connectivity index (χ0n) is 11.5. The molecular formula is C15H19NO4. The van der Waals surface area contributed by atoms with Gasteiger partial charge in [0.2, 0.25) is 0 Å². The molecule has 1 fully saturated rings. The number of ether oxygens (including phenoxy) is 1. The lowest BCUT2D eigenvalue weighted by molar-refractivity contribution is -0.141. The van der Waals surface area contributed by atoms with Crippen molar-refractivity contribution >= 4 is 11.9 Å². The zero-order valence-corrected chi connectivity index (χ0v) is 11.5. The molecule has 108 valence electrons. The summed E-state index contributed by atoms with van der Waals surface area (Å²) in [6.45, 7) is 1.91. The number of carboxylic acids is 1. The van der Waals surface area contributed by atoms with E-state index in [1.807, 2.05) is 25.1 Å². The molecule has 5 nitrogen and oxygen atoms in total. The minimum Gasteiger partial charge on any atom is -0.484 e.